The van der Waals surface area contributed by atoms with Gasteiger partial charge in [-0.25, -0.2) is 9.38 Å². The molecule has 3 aromatic heterocycles. The van der Waals surface area contributed by atoms with Gasteiger partial charge in [-0.05, 0) is 42.6 Å². The molecule has 0 spiro atoms. The van der Waals surface area contributed by atoms with Gasteiger partial charge in [0.1, 0.15) is 5.75 Å². The van der Waals surface area contributed by atoms with Crippen LogP contribution < -0.4 is 9.64 Å². The largest absolute Gasteiger partial charge is 0.497 e. The second-order valence-electron chi connectivity index (χ2n) is 8.98. The minimum absolute atomic E-state index is 0.0475. The molecule has 8 nitrogen and oxygen atoms in total. The number of aromatic nitrogens is 4. The van der Waals surface area contributed by atoms with Crippen LogP contribution in [-0.4, -0.2) is 63.2 Å². The number of methoxy groups -OCH3 is 1. The number of thiophene rings is 1. The Morgan fingerprint density at radius 3 is 2.78 bits per heavy atom. The first-order valence-corrected chi connectivity index (χ1v) is 12.9. The van der Waals surface area contributed by atoms with Crippen LogP contribution in [0.5, 0.6) is 5.75 Å². The van der Waals surface area contributed by atoms with Crippen LogP contribution in [0.2, 0.25) is 0 Å². The molecule has 182 valence electrons. The zero-order chi connectivity index (χ0) is 24.6. The van der Waals surface area contributed by atoms with Crippen molar-refractivity contribution in [3.8, 4) is 17.1 Å². The van der Waals surface area contributed by atoms with Crippen molar-refractivity contribution in [3.63, 3.8) is 0 Å². The van der Waals surface area contributed by atoms with Gasteiger partial charge in [0.2, 0.25) is 11.9 Å². The van der Waals surface area contributed by atoms with E-state index in [1.54, 1.807) is 18.4 Å². The molecule has 1 amide bonds. The first-order chi connectivity index (χ1) is 17.6. The van der Waals surface area contributed by atoms with Gasteiger partial charge in [-0.2, -0.15) is 0 Å². The lowest BCUT2D eigenvalue weighted by Crippen LogP contribution is -2.55. The zero-order valence-corrected chi connectivity index (χ0v) is 21.0. The maximum atomic E-state index is 13.0. The van der Waals surface area contributed by atoms with Crippen LogP contribution in [0.15, 0.2) is 66.0 Å². The molecule has 6 rings (SSSR count). The van der Waals surface area contributed by atoms with Crippen molar-refractivity contribution < 1.29 is 9.53 Å². The molecule has 0 unspecified atom stereocenters. The highest BCUT2D eigenvalue weighted by Gasteiger charge is 2.30. The molecule has 4 heterocycles. The van der Waals surface area contributed by atoms with Gasteiger partial charge in [0.05, 0.1) is 19.0 Å². The number of ether oxygens (including phenoxy) is 1. The van der Waals surface area contributed by atoms with Gasteiger partial charge in [-0.1, -0.05) is 30.3 Å². The summed E-state index contributed by atoms with van der Waals surface area (Å²) in [6.07, 6.45) is 0.450. The number of para-hydroxylation sites is 1. The molecule has 1 aliphatic rings. The third-order valence-electron chi connectivity index (χ3n) is 6.69. The Labute approximate surface area is 212 Å². The van der Waals surface area contributed by atoms with Crippen molar-refractivity contribution in [1.29, 1.82) is 0 Å². The van der Waals surface area contributed by atoms with Gasteiger partial charge < -0.3 is 14.5 Å². The molecule has 9 heteroatoms. The Bertz CT molecular complexity index is 1550. The summed E-state index contributed by atoms with van der Waals surface area (Å²) in [7, 11) is 1.65. The number of carbonyl (C=O) groups excluding carboxylic acids is 1. The predicted molar refractivity (Wildman–Crippen MR) is 142 cm³/mol. The smallest absolute Gasteiger partial charge is 0.228 e. The number of rotatable bonds is 5. The second-order valence-corrected chi connectivity index (χ2v) is 10.0. The van der Waals surface area contributed by atoms with Crippen molar-refractivity contribution in [2.45, 2.75) is 19.4 Å². The average molecular weight is 499 g/mol. The fourth-order valence-electron chi connectivity index (χ4n) is 4.90. The standard InChI is InChI=1S/C27H26N6O2S/c1-18-17-31(12-13-32(18)24(34)16-21-9-6-14-36-21)27-28-23-11-4-3-10-22(23)26-30-29-25(33(26)27)19-7-5-8-20(15-19)35-2/h3-11,14-15,18H,12-13,16-17H2,1-2H3/t18-/m0/s1. The number of amides is 1. The fraction of sp³-hybridized carbons (Fsp3) is 0.259. The summed E-state index contributed by atoms with van der Waals surface area (Å²) in [6.45, 7) is 4.09. The van der Waals surface area contributed by atoms with E-state index >= 15 is 0 Å². The zero-order valence-electron chi connectivity index (χ0n) is 20.2. The van der Waals surface area contributed by atoms with E-state index in [-0.39, 0.29) is 11.9 Å². The lowest BCUT2D eigenvalue weighted by atomic mass is 10.1. The highest BCUT2D eigenvalue weighted by molar-refractivity contribution is 7.10. The maximum absolute atomic E-state index is 13.0. The quantitative estimate of drug-likeness (QED) is 0.360. The van der Waals surface area contributed by atoms with E-state index in [2.05, 4.69) is 22.0 Å². The second kappa shape index (κ2) is 9.23. The molecule has 1 aliphatic heterocycles. The predicted octanol–water partition coefficient (Wildman–Crippen LogP) is 4.29. The molecular weight excluding hydrogens is 472 g/mol. The molecular formula is C27H26N6O2S. The summed E-state index contributed by atoms with van der Waals surface area (Å²) in [6, 6.07) is 19.9. The molecule has 0 saturated carbocycles. The number of carbonyl (C=O) groups is 1. The maximum Gasteiger partial charge on any atom is 0.228 e. The molecule has 0 aliphatic carbocycles. The fourth-order valence-corrected chi connectivity index (χ4v) is 5.60. The van der Waals surface area contributed by atoms with Crippen LogP contribution in [0.1, 0.15) is 11.8 Å². The van der Waals surface area contributed by atoms with Crippen LogP contribution in [0.3, 0.4) is 0 Å². The van der Waals surface area contributed by atoms with Crippen molar-refractivity contribution >= 4 is 39.7 Å². The van der Waals surface area contributed by atoms with Crippen LogP contribution in [0.25, 0.3) is 27.9 Å². The summed E-state index contributed by atoms with van der Waals surface area (Å²) < 4.78 is 7.48. The van der Waals surface area contributed by atoms with E-state index in [4.69, 9.17) is 9.72 Å². The van der Waals surface area contributed by atoms with E-state index < -0.39 is 0 Å². The van der Waals surface area contributed by atoms with Crippen LogP contribution in [-0.2, 0) is 11.2 Å². The number of hydrogen-bond donors (Lipinski definition) is 0. The first kappa shape index (κ1) is 22.5. The van der Waals surface area contributed by atoms with E-state index in [1.807, 2.05) is 75.3 Å². The number of piperazine rings is 1. The molecule has 0 bridgehead atoms. The third kappa shape index (κ3) is 3.95. The number of anilines is 1. The summed E-state index contributed by atoms with van der Waals surface area (Å²) in [4.78, 5) is 23.4. The molecule has 0 N–H and O–H groups in total. The minimum atomic E-state index is 0.0475. The van der Waals surface area contributed by atoms with Gasteiger partial charge in [0.15, 0.2) is 11.5 Å². The highest BCUT2D eigenvalue weighted by Crippen LogP contribution is 2.31. The lowest BCUT2D eigenvalue weighted by Gasteiger charge is -2.40. The number of nitrogens with zero attached hydrogens (tertiary/aromatic N) is 6. The normalized spacial score (nSPS) is 16.1. The van der Waals surface area contributed by atoms with Gasteiger partial charge in [0.25, 0.3) is 0 Å². The monoisotopic (exact) mass is 498 g/mol. The Morgan fingerprint density at radius 1 is 1.08 bits per heavy atom. The molecule has 2 aromatic carbocycles. The van der Waals surface area contributed by atoms with Gasteiger partial charge in [-0.3, -0.25) is 4.79 Å². The van der Waals surface area contributed by atoms with E-state index in [0.717, 1.165) is 38.7 Å². The van der Waals surface area contributed by atoms with Gasteiger partial charge in [-0.15, -0.1) is 21.5 Å². The molecule has 0 radical (unpaired) electrons. The number of benzene rings is 2. The SMILES string of the molecule is COc1cccc(-c2nnc3c4ccccc4nc(N4CCN(C(=O)Cc5cccs5)[C@@H](C)C4)n23)c1. The third-order valence-corrected chi connectivity index (χ3v) is 7.57. The van der Waals surface area contributed by atoms with Crippen molar-refractivity contribution in [3.05, 3.63) is 70.9 Å². The van der Waals surface area contributed by atoms with Crippen molar-refractivity contribution in [2.24, 2.45) is 0 Å². The number of hydrogen-bond acceptors (Lipinski definition) is 7. The topological polar surface area (TPSA) is 75.9 Å². The molecule has 5 aromatic rings. The van der Waals surface area contributed by atoms with Crippen molar-refractivity contribution in [2.75, 3.05) is 31.6 Å². The Hall–Kier alpha value is -3.98. The van der Waals surface area contributed by atoms with E-state index in [0.29, 0.717) is 31.9 Å². The van der Waals surface area contributed by atoms with Crippen LogP contribution in [0, 0.1) is 0 Å². The average Bonchev–Trinajstić information content (AvgIpc) is 3.58. The highest BCUT2D eigenvalue weighted by atomic mass is 32.1. The summed E-state index contributed by atoms with van der Waals surface area (Å²) in [5, 5.41) is 12.1. The summed E-state index contributed by atoms with van der Waals surface area (Å²) >= 11 is 1.63. The molecule has 1 fully saturated rings. The Morgan fingerprint density at radius 2 is 1.97 bits per heavy atom. The van der Waals surface area contributed by atoms with Gasteiger partial charge >= 0.3 is 0 Å². The Balaban J connectivity index is 1.39. The molecule has 1 saturated heterocycles. The van der Waals surface area contributed by atoms with Crippen LogP contribution >= 0.6 is 11.3 Å². The minimum Gasteiger partial charge on any atom is -0.497 e. The first-order valence-electron chi connectivity index (χ1n) is 12.0. The van der Waals surface area contributed by atoms with E-state index in [9.17, 15) is 4.79 Å². The number of fused-ring (bicyclic) bond motifs is 3. The summed E-state index contributed by atoms with van der Waals surface area (Å²) in [5.74, 6) is 2.42. The van der Waals surface area contributed by atoms with Gasteiger partial charge in [0, 0.05) is 41.5 Å². The molecule has 1 atom stereocenters. The molecule has 36 heavy (non-hydrogen) atoms. The lowest BCUT2D eigenvalue weighted by molar-refractivity contribution is -0.132. The van der Waals surface area contributed by atoms with E-state index in [1.165, 1.54) is 0 Å². The van der Waals surface area contributed by atoms with Crippen LogP contribution in [0.4, 0.5) is 5.95 Å². The Kier molecular flexibility index (Phi) is 5.77. The van der Waals surface area contributed by atoms with Crippen molar-refractivity contribution in [1.82, 2.24) is 24.5 Å². The summed E-state index contributed by atoms with van der Waals surface area (Å²) in [5.41, 5.74) is 2.53.